The predicted molar refractivity (Wildman–Crippen MR) is 94.3 cm³/mol. The zero-order chi connectivity index (χ0) is 17.6. The van der Waals surface area contributed by atoms with Crippen molar-refractivity contribution < 1.29 is 9.84 Å². The second-order valence-electron chi connectivity index (χ2n) is 6.14. The van der Waals surface area contributed by atoms with Crippen LogP contribution in [0.1, 0.15) is 37.1 Å². The molecule has 0 aliphatic carbocycles. The summed E-state index contributed by atoms with van der Waals surface area (Å²) in [6, 6.07) is 9.66. The summed E-state index contributed by atoms with van der Waals surface area (Å²) in [7, 11) is 0. The maximum Gasteiger partial charge on any atom is 0.158 e. The molecule has 0 saturated carbocycles. The van der Waals surface area contributed by atoms with Crippen molar-refractivity contribution >= 4 is 5.82 Å². The van der Waals surface area contributed by atoms with Crippen LogP contribution < -0.4 is 9.64 Å². The van der Waals surface area contributed by atoms with Gasteiger partial charge in [0.1, 0.15) is 17.6 Å². The van der Waals surface area contributed by atoms with Gasteiger partial charge >= 0.3 is 0 Å². The number of ether oxygens (including phenoxy) is 1. The van der Waals surface area contributed by atoms with E-state index in [4.69, 9.17) is 10.00 Å². The molecule has 0 amide bonds. The Morgan fingerprint density at radius 1 is 1.24 bits per heavy atom. The number of aliphatic hydroxyl groups is 1. The molecule has 6 nitrogen and oxygen atoms in total. The first-order valence-corrected chi connectivity index (χ1v) is 8.59. The van der Waals surface area contributed by atoms with Gasteiger partial charge in [-0.05, 0) is 43.4 Å². The van der Waals surface area contributed by atoms with Crippen molar-refractivity contribution in [3.05, 3.63) is 47.9 Å². The molecule has 0 radical (unpaired) electrons. The van der Waals surface area contributed by atoms with Crippen molar-refractivity contribution in [2.24, 2.45) is 5.92 Å². The number of nitriles is 1. The van der Waals surface area contributed by atoms with E-state index >= 15 is 0 Å². The first kappa shape index (κ1) is 17.2. The highest BCUT2D eigenvalue weighted by Crippen LogP contribution is 2.32. The Kier molecular flexibility index (Phi) is 5.46. The number of rotatable bonds is 5. The molecule has 1 fully saturated rings. The Labute approximate surface area is 147 Å². The Morgan fingerprint density at radius 3 is 2.52 bits per heavy atom. The Morgan fingerprint density at radius 2 is 1.96 bits per heavy atom. The van der Waals surface area contributed by atoms with Crippen LogP contribution in [0.5, 0.6) is 5.75 Å². The largest absolute Gasteiger partial charge is 0.494 e. The van der Waals surface area contributed by atoms with E-state index in [0.717, 1.165) is 43.1 Å². The molecule has 2 heterocycles. The van der Waals surface area contributed by atoms with Crippen LogP contribution in [0.4, 0.5) is 5.82 Å². The van der Waals surface area contributed by atoms with Gasteiger partial charge < -0.3 is 14.7 Å². The summed E-state index contributed by atoms with van der Waals surface area (Å²) in [4.78, 5) is 10.5. The summed E-state index contributed by atoms with van der Waals surface area (Å²) in [5, 5.41) is 19.5. The monoisotopic (exact) mass is 338 g/mol. The van der Waals surface area contributed by atoms with Gasteiger partial charge in [0.15, 0.2) is 5.69 Å². The van der Waals surface area contributed by atoms with Crippen LogP contribution in [-0.2, 0) is 0 Å². The number of aliphatic hydroxyl groups excluding tert-OH is 1. The summed E-state index contributed by atoms with van der Waals surface area (Å²) in [5.74, 6) is 1.83. The number of hydrogen-bond acceptors (Lipinski definition) is 6. The van der Waals surface area contributed by atoms with Crippen LogP contribution >= 0.6 is 0 Å². The molecule has 0 bridgehead atoms. The van der Waals surface area contributed by atoms with Crippen molar-refractivity contribution in [3.63, 3.8) is 0 Å². The number of nitrogens with zero attached hydrogens (tertiary/aromatic N) is 4. The van der Waals surface area contributed by atoms with Gasteiger partial charge in [0, 0.05) is 13.1 Å². The topological polar surface area (TPSA) is 82.3 Å². The number of benzene rings is 1. The third kappa shape index (κ3) is 4.06. The van der Waals surface area contributed by atoms with Gasteiger partial charge in [-0.3, -0.25) is 0 Å². The molecule has 3 rings (SSSR count). The molecule has 2 aromatic rings. The van der Waals surface area contributed by atoms with E-state index in [0.29, 0.717) is 12.3 Å². The molecule has 1 atom stereocenters. The van der Waals surface area contributed by atoms with E-state index < -0.39 is 6.10 Å². The lowest BCUT2D eigenvalue weighted by atomic mass is 9.87. The van der Waals surface area contributed by atoms with Gasteiger partial charge in [-0.1, -0.05) is 12.1 Å². The fourth-order valence-corrected chi connectivity index (χ4v) is 3.19. The predicted octanol–water partition coefficient (Wildman–Crippen LogP) is 2.70. The molecule has 1 N–H and O–H groups in total. The minimum Gasteiger partial charge on any atom is -0.494 e. The minimum atomic E-state index is -0.468. The summed E-state index contributed by atoms with van der Waals surface area (Å²) in [5.41, 5.74) is 1.25. The van der Waals surface area contributed by atoms with Crippen molar-refractivity contribution in [2.75, 3.05) is 24.6 Å². The molecule has 1 aliphatic rings. The Bertz CT molecular complexity index is 717. The molecular weight excluding hydrogens is 316 g/mol. The SMILES string of the molecule is CCOc1ccc(C(O)C2CCN(c3cnc(C#N)cn3)CC2)cc1. The van der Waals surface area contributed by atoms with Gasteiger partial charge in [0.2, 0.25) is 0 Å². The molecule has 1 unspecified atom stereocenters. The first-order valence-electron chi connectivity index (χ1n) is 8.59. The molecule has 1 aliphatic heterocycles. The first-order chi connectivity index (χ1) is 12.2. The molecule has 1 saturated heterocycles. The van der Waals surface area contributed by atoms with E-state index in [1.807, 2.05) is 37.3 Å². The molecule has 25 heavy (non-hydrogen) atoms. The van der Waals surface area contributed by atoms with Crippen LogP contribution in [0.2, 0.25) is 0 Å². The average Bonchev–Trinajstić information content (AvgIpc) is 2.68. The lowest BCUT2D eigenvalue weighted by molar-refractivity contribution is 0.0928. The van der Waals surface area contributed by atoms with Gasteiger partial charge in [-0.2, -0.15) is 5.26 Å². The molecule has 0 spiro atoms. The number of anilines is 1. The molecule has 6 heteroatoms. The van der Waals surface area contributed by atoms with Crippen molar-refractivity contribution in [1.82, 2.24) is 9.97 Å². The number of hydrogen-bond donors (Lipinski definition) is 1. The quantitative estimate of drug-likeness (QED) is 0.902. The third-order valence-corrected chi connectivity index (χ3v) is 4.60. The third-order valence-electron chi connectivity index (χ3n) is 4.60. The van der Waals surface area contributed by atoms with Crippen LogP contribution in [0.3, 0.4) is 0 Å². The van der Waals surface area contributed by atoms with Crippen molar-refractivity contribution in [3.8, 4) is 11.8 Å². The zero-order valence-electron chi connectivity index (χ0n) is 14.3. The number of aromatic nitrogens is 2. The second kappa shape index (κ2) is 7.95. The van der Waals surface area contributed by atoms with Gasteiger partial charge in [0.25, 0.3) is 0 Å². The van der Waals surface area contributed by atoms with E-state index in [2.05, 4.69) is 14.9 Å². The second-order valence-corrected chi connectivity index (χ2v) is 6.14. The summed E-state index contributed by atoms with van der Waals surface area (Å²) in [6.07, 6.45) is 4.44. The van der Waals surface area contributed by atoms with Crippen molar-refractivity contribution in [1.29, 1.82) is 5.26 Å². The molecular formula is C19H22N4O2. The van der Waals surface area contributed by atoms with Crippen LogP contribution in [0, 0.1) is 17.2 Å². The maximum atomic E-state index is 10.7. The van der Waals surface area contributed by atoms with E-state index in [9.17, 15) is 5.11 Å². The van der Waals surface area contributed by atoms with Crippen molar-refractivity contribution in [2.45, 2.75) is 25.9 Å². The normalized spacial score (nSPS) is 16.3. The highest BCUT2D eigenvalue weighted by molar-refractivity contribution is 5.38. The number of piperidine rings is 1. The maximum absolute atomic E-state index is 10.7. The zero-order valence-corrected chi connectivity index (χ0v) is 14.3. The summed E-state index contributed by atoms with van der Waals surface area (Å²) in [6.45, 7) is 4.23. The fourth-order valence-electron chi connectivity index (χ4n) is 3.19. The van der Waals surface area contributed by atoms with E-state index in [1.165, 1.54) is 6.20 Å². The molecule has 1 aromatic heterocycles. The van der Waals surface area contributed by atoms with Crippen LogP contribution in [-0.4, -0.2) is 34.8 Å². The van der Waals surface area contributed by atoms with Crippen LogP contribution in [0.15, 0.2) is 36.7 Å². The fraction of sp³-hybridized carbons (Fsp3) is 0.421. The molecule has 1 aromatic carbocycles. The minimum absolute atomic E-state index is 0.223. The Hall–Kier alpha value is -2.65. The summed E-state index contributed by atoms with van der Waals surface area (Å²) >= 11 is 0. The Balaban J connectivity index is 1.58. The van der Waals surface area contributed by atoms with E-state index in [1.54, 1.807) is 6.20 Å². The lowest BCUT2D eigenvalue weighted by Gasteiger charge is -2.34. The average molecular weight is 338 g/mol. The lowest BCUT2D eigenvalue weighted by Crippen LogP contribution is -2.36. The van der Waals surface area contributed by atoms with Crippen LogP contribution in [0.25, 0.3) is 0 Å². The van der Waals surface area contributed by atoms with Gasteiger partial charge in [-0.15, -0.1) is 0 Å². The van der Waals surface area contributed by atoms with Gasteiger partial charge in [-0.25, -0.2) is 9.97 Å². The van der Waals surface area contributed by atoms with Gasteiger partial charge in [0.05, 0.1) is 25.1 Å². The highest BCUT2D eigenvalue weighted by Gasteiger charge is 2.27. The highest BCUT2D eigenvalue weighted by atomic mass is 16.5. The molecule has 130 valence electrons. The van der Waals surface area contributed by atoms with E-state index in [-0.39, 0.29) is 5.92 Å². The smallest absolute Gasteiger partial charge is 0.158 e. The standard InChI is InChI=1S/C19H22N4O2/c1-2-25-17-5-3-14(4-6-17)19(24)15-7-9-23(10-8-15)18-13-21-16(11-20)12-22-18/h3-6,12-13,15,19,24H,2,7-10H2,1H3. The summed E-state index contributed by atoms with van der Waals surface area (Å²) < 4.78 is 5.44.